The van der Waals surface area contributed by atoms with E-state index in [-0.39, 0.29) is 37.8 Å². The predicted octanol–water partition coefficient (Wildman–Crippen LogP) is 1.86. The normalized spacial score (nSPS) is 20.5. The Bertz CT molecular complexity index is 1370. The monoisotopic (exact) mass is 596 g/mol. The summed E-state index contributed by atoms with van der Waals surface area (Å²) >= 11 is 0. The number of aliphatic hydroxyl groups is 3. The van der Waals surface area contributed by atoms with E-state index >= 15 is 0 Å². The highest BCUT2D eigenvalue weighted by molar-refractivity contribution is 5.96. The van der Waals surface area contributed by atoms with Gasteiger partial charge in [0.15, 0.2) is 11.5 Å². The van der Waals surface area contributed by atoms with Gasteiger partial charge in [-0.3, -0.25) is 9.59 Å². The molecule has 2 aromatic rings. The number of aliphatic hydroxyl groups excluding tert-OH is 3. The number of fused-ring (bicyclic) bond motifs is 3. The Morgan fingerprint density at radius 2 is 1.84 bits per heavy atom. The maximum atomic E-state index is 13.6. The van der Waals surface area contributed by atoms with Crippen molar-refractivity contribution in [1.82, 2.24) is 10.2 Å². The van der Waals surface area contributed by atoms with Crippen LogP contribution in [-0.2, 0) is 22.6 Å². The highest BCUT2D eigenvalue weighted by Crippen LogP contribution is 2.51. The van der Waals surface area contributed by atoms with E-state index in [2.05, 4.69) is 5.32 Å². The fourth-order valence-electron chi connectivity index (χ4n) is 5.66. The Morgan fingerprint density at radius 3 is 2.49 bits per heavy atom. The zero-order valence-corrected chi connectivity index (χ0v) is 24.9. The van der Waals surface area contributed by atoms with Crippen LogP contribution in [0.3, 0.4) is 0 Å². The molecule has 4 rings (SSSR count). The molecule has 11 nitrogen and oxygen atoms in total. The van der Waals surface area contributed by atoms with E-state index in [1.54, 1.807) is 50.6 Å². The zero-order chi connectivity index (χ0) is 31.1. The Kier molecular flexibility index (Phi) is 10.7. The van der Waals surface area contributed by atoms with Gasteiger partial charge in [0.05, 0.1) is 46.5 Å². The van der Waals surface area contributed by atoms with Gasteiger partial charge in [-0.2, -0.15) is 0 Å². The number of allylic oxidation sites excluding steroid dienone is 1. The third-order valence-electron chi connectivity index (χ3n) is 7.74. The Morgan fingerprint density at radius 1 is 1.07 bits per heavy atom. The number of carbonyl (C=O) groups excluding carboxylic acids is 2. The molecule has 2 aliphatic rings. The molecule has 4 atom stereocenters. The second-order valence-electron chi connectivity index (χ2n) is 10.3. The van der Waals surface area contributed by atoms with E-state index in [1.807, 2.05) is 13.0 Å². The van der Waals surface area contributed by atoms with Gasteiger partial charge < -0.3 is 44.5 Å². The number of ether oxygens (including phenoxy) is 4. The summed E-state index contributed by atoms with van der Waals surface area (Å²) in [6, 6.07) is 7.85. The summed E-state index contributed by atoms with van der Waals surface area (Å²) in [5, 5.41) is 33.7. The lowest BCUT2D eigenvalue weighted by atomic mass is 9.77. The molecular formula is C32H40N2O9. The van der Waals surface area contributed by atoms with Crippen molar-refractivity contribution in [3.8, 4) is 23.0 Å². The molecule has 1 aliphatic carbocycles. The molecule has 2 amide bonds. The van der Waals surface area contributed by atoms with Crippen LogP contribution >= 0.6 is 0 Å². The number of hydrogen-bond acceptors (Lipinski definition) is 9. The molecule has 4 N–H and O–H groups in total. The Labute approximate surface area is 251 Å². The largest absolute Gasteiger partial charge is 0.497 e. The van der Waals surface area contributed by atoms with Gasteiger partial charge >= 0.3 is 0 Å². The average molecular weight is 597 g/mol. The first-order valence-corrected chi connectivity index (χ1v) is 14.3. The van der Waals surface area contributed by atoms with Gasteiger partial charge in [0.1, 0.15) is 23.7 Å². The summed E-state index contributed by atoms with van der Waals surface area (Å²) in [4.78, 5) is 28.6. The van der Waals surface area contributed by atoms with Gasteiger partial charge in [-0.25, -0.2) is 0 Å². The Balaban J connectivity index is 1.79. The second-order valence-corrected chi connectivity index (χ2v) is 10.3. The highest BCUT2D eigenvalue weighted by atomic mass is 16.5. The molecule has 1 aliphatic heterocycles. The van der Waals surface area contributed by atoms with Crippen molar-refractivity contribution in [3.63, 3.8) is 0 Å². The minimum absolute atomic E-state index is 0.0199. The van der Waals surface area contributed by atoms with Gasteiger partial charge in [-0.1, -0.05) is 13.0 Å². The van der Waals surface area contributed by atoms with Gasteiger partial charge in [-0.05, 0) is 66.5 Å². The number of carbonyl (C=O) groups is 2. The number of nitrogens with zero attached hydrogens (tertiary/aromatic N) is 1. The van der Waals surface area contributed by atoms with Crippen LogP contribution in [0.1, 0.15) is 36.0 Å². The van der Waals surface area contributed by atoms with Crippen molar-refractivity contribution < 1.29 is 43.9 Å². The molecule has 0 bridgehead atoms. The number of benzene rings is 2. The molecule has 11 heteroatoms. The summed E-state index contributed by atoms with van der Waals surface area (Å²) in [6.07, 6.45) is 3.66. The van der Waals surface area contributed by atoms with Crippen molar-refractivity contribution in [2.45, 2.75) is 50.5 Å². The van der Waals surface area contributed by atoms with Crippen LogP contribution in [0.4, 0.5) is 0 Å². The number of hydrogen-bond donors (Lipinski definition) is 4. The maximum absolute atomic E-state index is 13.6. The minimum atomic E-state index is -1.22. The molecule has 0 saturated carbocycles. The van der Waals surface area contributed by atoms with E-state index < -0.39 is 30.1 Å². The number of rotatable bonds is 13. The maximum Gasteiger partial charge on any atom is 0.247 e. The van der Waals surface area contributed by atoms with Gasteiger partial charge in [0.2, 0.25) is 11.8 Å². The quantitative estimate of drug-likeness (QED) is 0.255. The van der Waals surface area contributed by atoms with Gasteiger partial charge in [-0.15, -0.1) is 0 Å². The lowest BCUT2D eigenvalue weighted by Crippen LogP contribution is -2.56. The van der Waals surface area contributed by atoms with Gasteiger partial charge in [0, 0.05) is 24.2 Å². The van der Waals surface area contributed by atoms with Gasteiger partial charge in [0.25, 0.3) is 0 Å². The summed E-state index contributed by atoms with van der Waals surface area (Å²) < 4.78 is 22.7. The lowest BCUT2D eigenvalue weighted by molar-refractivity contribution is -0.132. The SMILES string of the molecule is CCC=CC(=O)N(CCc1cc(OC)ccc1OC)C1C=C(C(=O)NCCO)C2c3cc(CO)cc(OC)c3OC2C1O. The van der Waals surface area contributed by atoms with Crippen molar-refractivity contribution in [2.24, 2.45) is 0 Å². The zero-order valence-electron chi connectivity index (χ0n) is 24.9. The topological polar surface area (TPSA) is 147 Å². The van der Waals surface area contributed by atoms with E-state index in [1.165, 1.54) is 18.1 Å². The van der Waals surface area contributed by atoms with E-state index in [0.717, 1.165) is 5.56 Å². The smallest absolute Gasteiger partial charge is 0.247 e. The van der Waals surface area contributed by atoms with E-state index in [4.69, 9.17) is 18.9 Å². The molecular weight excluding hydrogens is 556 g/mol. The minimum Gasteiger partial charge on any atom is -0.497 e. The second kappa shape index (κ2) is 14.4. The third-order valence-corrected chi connectivity index (χ3v) is 7.74. The number of amides is 2. The van der Waals surface area contributed by atoms with Crippen LogP contribution in [0.15, 0.2) is 54.1 Å². The molecule has 43 heavy (non-hydrogen) atoms. The molecule has 232 valence electrons. The molecule has 4 unspecified atom stereocenters. The Hall–Kier alpha value is -4.06. The van der Waals surface area contributed by atoms with E-state index in [9.17, 15) is 24.9 Å². The van der Waals surface area contributed by atoms with Crippen molar-refractivity contribution in [3.05, 3.63) is 70.8 Å². The van der Waals surface area contributed by atoms with Crippen LogP contribution < -0.4 is 24.3 Å². The highest BCUT2D eigenvalue weighted by Gasteiger charge is 2.51. The summed E-state index contributed by atoms with van der Waals surface area (Å²) in [5.74, 6) is 0.476. The first-order chi connectivity index (χ1) is 20.8. The summed E-state index contributed by atoms with van der Waals surface area (Å²) in [6.45, 7) is 1.59. The van der Waals surface area contributed by atoms with Crippen LogP contribution in [0.5, 0.6) is 23.0 Å². The summed E-state index contributed by atoms with van der Waals surface area (Å²) in [5.41, 5.74) is 2.22. The van der Waals surface area contributed by atoms with Crippen molar-refractivity contribution in [2.75, 3.05) is 41.0 Å². The van der Waals surface area contributed by atoms with Crippen LogP contribution in [0, 0.1) is 0 Å². The molecule has 0 fully saturated rings. The van der Waals surface area contributed by atoms with Crippen molar-refractivity contribution >= 4 is 11.8 Å². The molecule has 1 heterocycles. The standard InChI is InChI=1S/C32H40N2O9/c1-5-6-7-27(37)34(12-10-20-16-21(40-2)8-9-25(20)41-3)24-17-23(32(39)33-11-13-35)28-22-14-19(18-36)15-26(42-4)30(22)43-31(28)29(24)38/h6-9,14-17,24,28-29,31,35-36,38H,5,10-13,18H2,1-4H3,(H,33,39). The van der Waals surface area contributed by atoms with Crippen LogP contribution in [0.25, 0.3) is 0 Å². The number of methoxy groups -OCH3 is 3. The first-order valence-electron chi connectivity index (χ1n) is 14.3. The number of nitrogens with one attached hydrogen (secondary N) is 1. The lowest BCUT2D eigenvalue weighted by Gasteiger charge is -2.40. The van der Waals surface area contributed by atoms with Crippen LogP contribution in [0.2, 0.25) is 0 Å². The molecule has 0 spiro atoms. The molecule has 2 aromatic carbocycles. The average Bonchev–Trinajstić information content (AvgIpc) is 3.42. The van der Waals surface area contributed by atoms with Crippen molar-refractivity contribution in [1.29, 1.82) is 0 Å². The predicted molar refractivity (Wildman–Crippen MR) is 158 cm³/mol. The fourth-order valence-corrected chi connectivity index (χ4v) is 5.66. The third kappa shape index (κ3) is 6.64. The molecule has 0 radical (unpaired) electrons. The summed E-state index contributed by atoms with van der Waals surface area (Å²) in [7, 11) is 4.60. The van der Waals surface area contributed by atoms with Crippen LogP contribution in [-0.4, -0.2) is 91.3 Å². The molecule has 0 aromatic heterocycles. The molecule has 0 saturated heterocycles. The fraction of sp³-hybridized carbons (Fsp3) is 0.438. The van der Waals surface area contributed by atoms with E-state index in [0.29, 0.717) is 47.0 Å². The first kappa shape index (κ1) is 31.9.